The van der Waals surface area contributed by atoms with Crippen molar-refractivity contribution in [2.75, 3.05) is 13.2 Å². The van der Waals surface area contributed by atoms with Gasteiger partial charge in [0.15, 0.2) is 0 Å². The van der Waals surface area contributed by atoms with E-state index in [0.717, 1.165) is 19.3 Å². The molecule has 1 saturated heterocycles. The number of carbonyl (C=O) groups excluding carboxylic acids is 1. The third-order valence-corrected chi connectivity index (χ3v) is 5.16. The summed E-state index contributed by atoms with van der Waals surface area (Å²) in [6, 6.07) is 4.98. The molecule has 1 spiro atoms. The van der Waals surface area contributed by atoms with E-state index in [0.29, 0.717) is 28.8 Å². The molecule has 3 rings (SSSR count). The number of benzene rings is 1. The van der Waals surface area contributed by atoms with Crippen LogP contribution in [0.5, 0.6) is 0 Å². The van der Waals surface area contributed by atoms with Crippen LogP contribution in [0.2, 0.25) is 10.0 Å². The van der Waals surface area contributed by atoms with Gasteiger partial charge in [0.05, 0.1) is 27.8 Å². The molecule has 4 nitrogen and oxygen atoms in total. The summed E-state index contributed by atoms with van der Waals surface area (Å²) in [5.74, 6) is -0.259. The highest BCUT2D eigenvalue weighted by molar-refractivity contribution is 6.39. The summed E-state index contributed by atoms with van der Waals surface area (Å²) < 4.78 is 11.7. The van der Waals surface area contributed by atoms with Gasteiger partial charge in [0.2, 0.25) is 0 Å². The number of hydrogen-bond acceptors (Lipinski definition) is 3. The molecule has 3 atom stereocenters. The number of halogens is 2. The Bertz CT molecular complexity index is 552. The minimum atomic E-state index is -0.389. The zero-order valence-corrected chi connectivity index (χ0v) is 13.9. The Kier molecular flexibility index (Phi) is 4.64. The SMILES string of the molecule is CCOC1CC(NC(=O)c2c(Cl)cccc2Cl)C12CCCO2. The van der Waals surface area contributed by atoms with Gasteiger partial charge >= 0.3 is 0 Å². The molecule has 6 heteroatoms. The van der Waals surface area contributed by atoms with Gasteiger partial charge in [0, 0.05) is 13.2 Å². The molecule has 1 N–H and O–H groups in total. The molecule has 1 aromatic rings. The largest absolute Gasteiger partial charge is 0.375 e. The van der Waals surface area contributed by atoms with Gasteiger partial charge in [0.25, 0.3) is 5.91 Å². The molecular formula is C16H19Cl2NO3. The average Bonchev–Trinajstić information content (AvgIpc) is 2.98. The smallest absolute Gasteiger partial charge is 0.254 e. The highest BCUT2D eigenvalue weighted by Gasteiger charge is 2.59. The fourth-order valence-electron chi connectivity index (χ4n) is 3.43. The molecule has 2 fully saturated rings. The quantitative estimate of drug-likeness (QED) is 0.910. The van der Waals surface area contributed by atoms with Crippen molar-refractivity contribution >= 4 is 29.1 Å². The Balaban J connectivity index is 1.75. The second kappa shape index (κ2) is 6.36. The second-order valence-corrected chi connectivity index (χ2v) is 6.52. The summed E-state index contributed by atoms with van der Waals surface area (Å²) in [5.41, 5.74) is -0.0711. The van der Waals surface area contributed by atoms with Crippen molar-refractivity contribution in [3.63, 3.8) is 0 Å². The van der Waals surface area contributed by atoms with Crippen molar-refractivity contribution in [1.82, 2.24) is 5.32 Å². The van der Waals surface area contributed by atoms with E-state index in [1.54, 1.807) is 18.2 Å². The molecule has 22 heavy (non-hydrogen) atoms. The molecule has 1 aliphatic carbocycles. The maximum absolute atomic E-state index is 12.5. The predicted octanol–water partition coefficient (Wildman–Crippen LogP) is 3.45. The summed E-state index contributed by atoms with van der Waals surface area (Å²) >= 11 is 12.2. The van der Waals surface area contributed by atoms with E-state index in [2.05, 4.69) is 5.32 Å². The lowest BCUT2D eigenvalue weighted by Crippen LogP contribution is -2.69. The fourth-order valence-corrected chi connectivity index (χ4v) is 3.99. The molecule has 1 heterocycles. The van der Waals surface area contributed by atoms with E-state index in [1.807, 2.05) is 6.92 Å². The van der Waals surface area contributed by atoms with Crippen LogP contribution in [0.15, 0.2) is 18.2 Å². The maximum atomic E-state index is 12.5. The van der Waals surface area contributed by atoms with E-state index in [1.165, 1.54) is 0 Å². The van der Waals surface area contributed by atoms with E-state index < -0.39 is 0 Å². The molecular weight excluding hydrogens is 325 g/mol. The van der Waals surface area contributed by atoms with Crippen LogP contribution in [0, 0.1) is 0 Å². The normalized spacial score (nSPS) is 30.3. The second-order valence-electron chi connectivity index (χ2n) is 5.71. The molecule has 3 unspecified atom stereocenters. The van der Waals surface area contributed by atoms with Crippen LogP contribution >= 0.6 is 23.2 Å². The summed E-state index contributed by atoms with van der Waals surface area (Å²) in [6.45, 7) is 3.33. The molecule has 120 valence electrons. The highest BCUT2D eigenvalue weighted by atomic mass is 35.5. The average molecular weight is 344 g/mol. The first kappa shape index (κ1) is 16.1. The summed E-state index contributed by atoms with van der Waals surface area (Å²) in [4.78, 5) is 12.5. The van der Waals surface area contributed by atoms with E-state index in [9.17, 15) is 4.79 Å². The lowest BCUT2D eigenvalue weighted by Gasteiger charge is -2.52. The Morgan fingerprint density at radius 1 is 1.45 bits per heavy atom. The number of rotatable bonds is 4. The molecule has 1 saturated carbocycles. The van der Waals surface area contributed by atoms with Crippen molar-refractivity contribution in [2.24, 2.45) is 0 Å². The van der Waals surface area contributed by atoms with Crippen LogP contribution in [-0.2, 0) is 9.47 Å². The summed E-state index contributed by atoms with van der Waals surface area (Å²) in [6.07, 6.45) is 2.69. The number of amides is 1. The van der Waals surface area contributed by atoms with Crippen LogP contribution in [0.1, 0.15) is 36.5 Å². The standard InChI is InChI=1S/C16H19Cl2NO3/c1-2-21-13-9-12(16(13)7-4-8-22-16)19-15(20)14-10(17)5-3-6-11(14)18/h3,5-6,12-13H,2,4,7-9H2,1H3,(H,19,20). The Hall–Kier alpha value is -0.810. The first-order valence-corrected chi connectivity index (χ1v) is 8.34. The number of ether oxygens (including phenoxy) is 2. The molecule has 1 aromatic carbocycles. The Morgan fingerprint density at radius 3 is 2.77 bits per heavy atom. The fraction of sp³-hybridized carbons (Fsp3) is 0.562. The third-order valence-electron chi connectivity index (χ3n) is 4.53. The lowest BCUT2D eigenvalue weighted by atomic mass is 9.70. The van der Waals surface area contributed by atoms with Gasteiger partial charge < -0.3 is 14.8 Å². The summed E-state index contributed by atoms with van der Waals surface area (Å²) in [5, 5.41) is 3.73. The van der Waals surface area contributed by atoms with E-state index in [4.69, 9.17) is 32.7 Å². The van der Waals surface area contributed by atoms with Crippen molar-refractivity contribution in [2.45, 2.75) is 43.9 Å². The lowest BCUT2D eigenvalue weighted by molar-refractivity contribution is -0.194. The van der Waals surface area contributed by atoms with Gasteiger partial charge in [-0.05, 0) is 38.3 Å². The van der Waals surface area contributed by atoms with Crippen LogP contribution < -0.4 is 5.32 Å². The zero-order valence-electron chi connectivity index (χ0n) is 12.4. The maximum Gasteiger partial charge on any atom is 0.254 e. The Labute approximate surface area is 140 Å². The van der Waals surface area contributed by atoms with Crippen LogP contribution in [0.4, 0.5) is 0 Å². The van der Waals surface area contributed by atoms with Gasteiger partial charge in [0.1, 0.15) is 5.60 Å². The van der Waals surface area contributed by atoms with Crippen molar-refractivity contribution in [3.8, 4) is 0 Å². The van der Waals surface area contributed by atoms with Crippen LogP contribution in [0.25, 0.3) is 0 Å². The van der Waals surface area contributed by atoms with Crippen LogP contribution in [-0.4, -0.2) is 36.9 Å². The predicted molar refractivity (Wildman–Crippen MR) is 85.7 cm³/mol. The molecule has 1 amide bonds. The highest BCUT2D eigenvalue weighted by Crippen LogP contribution is 2.45. The van der Waals surface area contributed by atoms with Crippen molar-refractivity contribution < 1.29 is 14.3 Å². The molecule has 0 radical (unpaired) electrons. The topological polar surface area (TPSA) is 47.6 Å². The minimum Gasteiger partial charge on any atom is -0.375 e. The van der Waals surface area contributed by atoms with E-state index in [-0.39, 0.29) is 23.7 Å². The first-order chi connectivity index (χ1) is 10.6. The monoisotopic (exact) mass is 343 g/mol. The van der Waals surface area contributed by atoms with Gasteiger partial charge in [-0.1, -0.05) is 29.3 Å². The van der Waals surface area contributed by atoms with Crippen LogP contribution in [0.3, 0.4) is 0 Å². The van der Waals surface area contributed by atoms with Gasteiger partial charge in [-0.25, -0.2) is 0 Å². The molecule has 0 aromatic heterocycles. The molecule has 1 aliphatic heterocycles. The Morgan fingerprint density at radius 2 is 2.18 bits per heavy atom. The summed E-state index contributed by atoms with van der Waals surface area (Å²) in [7, 11) is 0. The minimum absolute atomic E-state index is 0.0482. The number of carbonyl (C=O) groups is 1. The van der Waals surface area contributed by atoms with Crippen molar-refractivity contribution in [3.05, 3.63) is 33.8 Å². The van der Waals surface area contributed by atoms with Gasteiger partial charge in [-0.3, -0.25) is 4.79 Å². The van der Waals surface area contributed by atoms with Gasteiger partial charge in [-0.2, -0.15) is 0 Å². The third kappa shape index (κ3) is 2.62. The number of nitrogens with one attached hydrogen (secondary N) is 1. The first-order valence-electron chi connectivity index (χ1n) is 7.59. The zero-order chi connectivity index (χ0) is 15.7. The molecule has 2 aliphatic rings. The van der Waals surface area contributed by atoms with E-state index >= 15 is 0 Å². The molecule has 0 bridgehead atoms. The van der Waals surface area contributed by atoms with Gasteiger partial charge in [-0.15, -0.1) is 0 Å². The number of hydrogen-bond donors (Lipinski definition) is 1. The van der Waals surface area contributed by atoms with Crippen molar-refractivity contribution in [1.29, 1.82) is 0 Å².